The number of anilines is 1. The molecule has 0 aliphatic carbocycles. The smallest absolute Gasteiger partial charge is 0.262 e. The van der Waals surface area contributed by atoms with Crippen molar-refractivity contribution in [1.82, 2.24) is 9.55 Å². The predicted molar refractivity (Wildman–Crippen MR) is 113 cm³/mol. The van der Waals surface area contributed by atoms with Gasteiger partial charge in [-0.25, -0.2) is 4.98 Å². The molecule has 1 aliphatic rings. The number of fused-ring (bicyclic) bond motifs is 2. The van der Waals surface area contributed by atoms with Crippen molar-refractivity contribution in [3.8, 4) is 11.5 Å². The van der Waals surface area contributed by atoms with Crippen LogP contribution in [0.1, 0.15) is 0 Å². The average Bonchev–Trinajstić information content (AvgIpc) is 3.16. The largest absolute Gasteiger partial charge is 0.454 e. The number of carbonyl (C=O) groups is 1. The highest BCUT2D eigenvalue weighted by atomic mass is 35.5. The minimum Gasteiger partial charge on any atom is -0.454 e. The Balaban J connectivity index is 1.53. The lowest BCUT2D eigenvalue weighted by atomic mass is 10.2. The van der Waals surface area contributed by atoms with E-state index in [-0.39, 0.29) is 30.6 Å². The number of thioether (sulfide) groups is 1. The number of rotatable bonds is 6. The Kier molecular flexibility index (Phi) is 5.46. The summed E-state index contributed by atoms with van der Waals surface area (Å²) < 4.78 is 12.1. The SMILES string of the molecule is C=CCn1c(SCC(=O)Nc2ccc3c(c2)OCO3)nc2cc(Cl)ccc2c1=O. The molecule has 2 heterocycles. The second-order valence-corrected chi connectivity index (χ2v) is 7.54. The van der Waals surface area contributed by atoms with E-state index in [0.29, 0.717) is 38.3 Å². The van der Waals surface area contributed by atoms with Gasteiger partial charge in [0.15, 0.2) is 16.7 Å². The van der Waals surface area contributed by atoms with Crippen molar-refractivity contribution in [2.24, 2.45) is 0 Å². The summed E-state index contributed by atoms with van der Waals surface area (Å²) in [5, 5.41) is 4.18. The number of aromatic nitrogens is 2. The van der Waals surface area contributed by atoms with Crippen LogP contribution in [0.3, 0.4) is 0 Å². The molecule has 1 aromatic heterocycles. The minimum atomic E-state index is -0.237. The molecule has 0 fully saturated rings. The molecule has 2 aromatic carbocycles. The van der Waals surface area contributed by atoms with Crippen LogP contribution in [0.25, 0.3) is 10.9 Å². The second-order valence-electron chi connectivity index (χ2n) is 6.17. The van der Waals surface area contributed by atoms with Crippen molar-refractivity contribution in [2.45, 2.75) is 11.7 Å². The highest BCUT2D eigenvalue weighted by Gasteiger charge is 2.16. The molecule has 0 saturated heterocycles. The summed E-state index contributed by atoms with van der Waals surface area (Å²) in [4.78, 5) is 29.7. The topological polar surface area (TPSA) is 82.5 Å². The fraction of sp³-hybridized carbons (Fsp3) is 0.150. The third-order valence-electron chi connectivity index (χ3n) is 4.18. The number of nitrogens with one attached hydrogen (secondary N) is 1. The van der Waals surface area contributed by atoms with Gasteiger partial charge in [0.1, 0.15) is 0 Å². The molecule has 0 unspecified atom stereocenters. The third-order valence-corrected chi connectivity index (χ3v) is 5.39. The molecule has 148 valence electrons. The normalized spacial score (nSPS) is 12.2. The van der Waals surface area contributed by atoms with Crippen molar-refractivity contribution in [3.05, 3.63) is 64.4 Å². The van der Waals surface area contributed by atoms with E-state index in [1.165, 1.54) is 16.3 Å². The summed E-state index contributed by atoms with van der Waals surface area (Å²) in [5.41, 5.74) is 0.883. The molecule has 7 nitrogen and oxygen atoms in total. The van der Waals surface area contributed by atoms with Gasteiger partial charge in [0, 0.05) is 23.3 Å². The lowest BCUT2D eigenvalue weighted by Crippen LogP contribution is -2.23. The van der Waals surface area contributed by atoms with E-state index in [1.54, 1.807) is 42.5 Å². The van der Waals surface area contributed by atoms with Gasteiger partial charge in [-0.1, -0.05) is 29.4 Å². The number of nitrogens with zero attached hydrogens (tertiary/aromatic N) is 2. The van der Waals surface area contributed by atoms with Crippen LogP contribution in [0.5, 0.6) is 11.5 Å². The summed E-state index contributed by atoms with van der Waals surface area (Å²) in [6, 6.07) is 10.1. The molecule has 3 aromatic rings. The zero-order valence-corrected chi connectivity index (χ0v) is 16.8. The molecule has 29 heavy (non-hydrogen) atoms. The molecule has 0 atom stereocenters. The van der Waals surface area contributed by atoms with E-state index < -0.39 is 0 Å². The van der Waals surface area contributed by atoms with Crippen LogP contribution in [0.2, 0.25) is 5.02 Å². The van der Waals surface area contributed by atoms with Gasteiger partial charge in [-0.05, 0) is 30.3 Å². The van der Waals surface area contributed by atoms with Crippen LogP contribution in [-0.2, 0) is 11.3 Å². The van der Waals surface area contributed by atoms with Gasteiger partial charge in [0.2, 0.25) is 12.7 Å². The lowest BCUT2D eigenvalue weighted by molar-refractivity contribution is -0.113. The number of benzene rings is 2. The quantitative estimate of drug-likeness (QED) is 0.365. The molecule has 0 spiro atoms. The molecule has 0 bridgehead atoms. The van der Waals surface area contributed by atoms with Crippen molar-refractivity contribution < 1.29 is 14.3 Å². The van der Waals surface area contributed by atoms with Gasteiger partial charge >= 0.3 is 0 Å². The number of allylic oxidation sites excluding steroid dienone is 1. The van der Waals surface area contributed by atoms with Crippen molar-refractivity contribution in [2.75, 3.05) is 17.9 Å². The van der Waals surface area contributed by atoms with Gasteiger partial charge in [-0.15, -0.1) is 6.58 Å². The Bertz CT molecular complexity index is 1180. The summed E-state index contributed by atoms with van der Waals surface area (Å²) in [6.07, 6.45) is 1.61. The highest BCUT2D eigenvalue weighted by molar-refractivity contribution is 7.99. The van der Waals surface area contributed by atoms with Crippen LogP contribution >= 0.6 is 23.4 Å². The number of amides is 1. The van der Waals surface area contributed by atoms with E-state index in [2.05, 4.69) is 16.9 Å². The van der Waals surface area contributed by atoms with E-state index in [0.717, 1.165) is 0 Å². The number of halogens is 1. The second kappa shape index (κ2) is 8.18. The summed E-state index contributed by atoms with van der Waals surface area (Å²) in [5.74, 6) is 1.07. The van der Waals surface area contributed by atoms with Gasteiger partial charge in [-0.3, -0.25) is 14.2 Å². The molecule has 4 rings (SSSR count). The van der Waals surface area contributed by atoms with E-state index >= 15 is 0 Å². The maximum absolute atomic E-state index is 12.8. The molecule has 0 radical (unpaired) electrons. The van der Waals surface area contributed by atoms with Gasteiger partial charge in [0.25, 0.3) is 5.56 Å². The molecule has 1 amide bonds. The van der Waals surface area contributed by atoms with E-state index in [1.807, 2.05) is 0 Å². The van der Waals surface area contributed by atoms with E-state index in [9.17, 15) is 9.59 Å². The Hall–Kier alpha value is -2.97. The number of hydrogen-bond donors (Lipinski definition) is 1. The van der Waals surface area contributed by atoms with Gasteiger partial charge in [-0.2, -0.15) is 0 Å². The van der Waals surface area contributed by atoms with Crippen molar-refractivity contribution in [1.29, 1.82) is 0 Å². The fourth-order valence-corrected chi connectivity index (χ4v) is 3.85. The van der Waals surface area contributed by atoms with Gasteiger partial charge in [0.05, 0.1) is 16.7 Å². The summed E-state index contributed by atoms with van der Waals surface area (Å²) in [7, 11) is 0. The first kappa shape index (κ1) is 19.4. The summed E-state index contributed by atoms with van der Waals surface area (Å²) in [6.45, 7) is 4.15. The van der Waals surface area contributed by atoms with Crippen molar-refractivity contribution >= 4 is 45.9 Å². The van der Waals surface area contributed by atoms with Gasteiger partial charge < -0.3 is 14.8 Å². The molecule has 1 N–H and O–H groups in total. The predicted octanol–water partition coefficient (Wildman–Crippen LogP) is 3.70. The molecular weight excluding hydrogens is 414 g/mol. The average molecular weight is 430 g/mol. The Morgan fingerprint density at radius 1 is 1.28 bits per heavy atom. The van der Waals surface area contributed by atoms with E-state index in [4.69, 9.17) is 21.1 Å². The first-order valence-electron chi connectivity index (χ1n) is 8.68. The standard InChI is InChI=1S/C20H16ClN3O4S/c1-2-7-24-19(26)14-5-3-12(21)8-15(14)23-20(24)29-10-18(25)22-13-4-6-16-17(9-13)28-11-27-16/h2-6,8-9H,1,7,10-11H2,(H,22,25). The lowest BCUT2D eigenvalue weighted by Gasteiger charge is -2.12. The monoisotopic (exact) mass is 429 g/mol. The van der Waals surface area contributed by atoms with Crippen molar-refractivity contribution in [3.63, 3.8) is 0 Å². The maximum Gasteiger partial charge on any atom is 0.262 e. The third kappa shape index (κ3) is 4.08. The number of hydrogen-bond acceptors (Lipinski definition) is 6. The van der Waals surface area contributed by atoms with Crippen LogP contribution in [0.15, 0.2) is 59.0 Å². The first-order valence-corrected chi connectivity index (χ1v) is 10.0. The summed E-state index contributed by atoms with van der Waals surface area (Å²) >= 11 is 7.19. The fourth-order valence-electron chi connectivity index (χ4n) is 2.88. The Labute approximate surface area is 175 Å². The Morgan fingerprint density at radius 2 is 2.10 bits per heavy atom. The highest BCUT2D eigenvalue weighted by Crippen LogP contribution is 2.34. The minimum absolute atomic E-state index is 0.0735. The maximum atomic E-state index is 12.8. The van der Waals surface area contributed by atoms with Crippen LogP contribution in [0.4, 0.5) is 5.69 Å². The van der Waals surface area contributed by atoms with Crippen LogP contribution in [-0.4, -0.2) is 28.0 Å². The van der Waals surface area contributed by atoms with Crippen LogP contribution in [0, 0.1) is 0 Å². The molecule has 9 heteroatoms. The number of ether oxygens (including phenoxy) is 2. The molecule has 0 saturated carbocycles. The zero-order valence-electron chi connectivity index (χ0n) is 15.2. The first-order chi connectivity index (χ1) is 14.0. The Morgan fingerprint density at radius 3 is 2.93 bits per heavy atom. The zero-order chi connectivity index (χ0) is 20.4. The molecule has 1 aliphatic heterocycles. The van der Waals surface area contributed by atoms with Crippen LogP contribution < -0.4 is 20.3 Å². The number of carbonyl (C=O) groups excluding carboxylic acids is 1. The molecular formula is C20H16ClN3O4S.